The van der Waals surface area contributed by atoms with Crippen molar-refractivity contribution in [3.8, 4) is 0 Å². The second kappa shape index (κ2) is 16.6. The smallest absolute Gasteiger partial charge is 0.247 e. The Morgan fingerprint density at radius 3 is 1.25 bits per heavy atom. The van der Waals surface area contributed by atoms with Crippen molar-refractivity contribution in [1.82, 2.24) is 0 Å². The molecule has 8 heteroatoms. The molecule has 0 unspecified atom stereocenters. The minimum absolute atomic E-state index is 0.233. The summed E-state index contributed by atoms with van der Waals surface area (Å²) in [6.07, 6.45) is 8.89. The van der Waals surface area contributed by atoms with Crippen LogP contribution < -0.4 is 0 Å². The summed E-state index contributed by atoms with van der Waals surface area (Å²) in [7, 11) is 0. The monoisotopic (exact) mass is 422 g/mol. The minimum Gasteiger partial charge on any atom is -0.247 e. The van der Waals surface area contributed by atoms with E-state index in [0.717, 1.165) is 51.4 Å². The summed E-state index contributed by atoms with van der Waals surface area (Å²) >= 11 is 22.5. The highest BCUT2D eigenvalue weighted by Crippen LogP contribution is 2.15. The number of alkyl halides is 4. The van der Waals surface area contributed by atoms with Crippen molar-refractivity contribution in [2.24, 2.45) is 0 Å². The van der Waals surface area contributed by atoms with Crippen molar-refractivity contribution in [2.45, 2.75) is 86.7 Å². The average Bonchev–Trinajstić information content (AvgIpc) is 2.51. The lowest BCUT2D eigenvalue weighted by Crippen LogP contribution is -2.11. The average molecular weight is 424 g/mol. The second-order valence-corrected chi connectivity index (χ2v) is 8.15. The number of rotatable bonds is 14. The van der Waals surface area contributed by atoms with Crippen molar-refractivity contribution in [3.05, 3.63) is 0 Å². The fraction of sp³-hybridized carbons (Fsp3) is 0.875. The van der Waals surface area contributed by atoms with Crippen molar-refractivity contribution in [1.29, 1.82) is 0 Å². The molecule has 0 spiro atoms. The highest BCUT2D eigenvalue weighted by Gasteiger charge is 2.09. The van der Waals surface area contributed by atoms with E-state index in [-0.39, 0.29) is 22.5 Å². The quantitative estimate of drug-likeness (QED) is 0.143. The minimum atomic E-state index is -0.522. The molecule has 0 amide bonds. The third-order valence-electron chi connectivity index (χ3n) is 3.33. The first-order valence-electron chi connectivity index (χ1n) is 8.38. The van der Waals surface area contributed by atoms with Gasteiger partial charge in [-0.15, -0.1) is 46.4 Å². The van der Waals surface area contributed by atoms with Gasteiger partial charge >= 0.3 is 11.9 Å². The molecule has 142 valence electrons. The number of unbranched alkanes of at least 4 members (excludes halogenated alkanes) is 6. The van der Waals surface area contributed by atoms with Crippen LogP contribution in [0.4, 0.5) is 0 Å². The standard InChI is InChI=1S/C16H26Cl4O4/c17-13(18)9-5-1-3-7-11-15(21)23-24-16(22)12-8-4-2-6-10-14(19)20/h13-14H,1-12H2. The van der Waals surface area contributed by atoms with Gasteiger partial charge in [0.05, 0.1) is 12.8 Å². The highest BCUT2D eigenvalue weighted by molar-refractivity contribution is 6.44. The van der Waals surface area contributed by atoms with Gasteiger partial charge in [0.15, 0.2) is 0 Å². The lowest BCUT2D eigenvalue weighted by molar-refractivity contribution is -0.259. The summed E-state index contributed by atoms with van der Waals surface area (Å²) < 4.78 is 0. The predicted octanol–water partition coefficient (Wildman–Crippen LogP) is 6.28. The second-order valence-electron chi connectivity index (χ2n) is 5.60. The van der Waals surface area contributed by atoms with Crippen LogP contribution in [0.3, 0.4) is 0 Å². The van der Waals surface area contributed by atoms with E-state index in [0.29, 0.717) is 12.8 Å². The molecule has 0 aromatic carbocycles. The first-order valence-corrected chi connectivity index (χ1v) is 10.1. The Bertz CT molecular complexity index is 306. The topological polar surface area (TPSA) is 52.6 Å². The molecule has 0 aromatic heterocycles. The zero-order chi connectivity index (χ0) is 18.2. The van der Waals surface area contributed by atoms with E-state index < -0.39 is 11.9 Å². The van der Waals surface area contributed by atoms with Gasteiger partial charge in [-0.3, -0.25) is 0 Å². The van der Waals surface area contributed by atoms with Gasteiger partial charge in [-0.2, -0.15) is 0 Å². The number of carbonyl (C=O) groups excluding carboxylic acids is 2. The third kappa shape index (κ3) is 18.4. The van der Waals surface area contributed by atoms with Crippen molar-refractivity contribution < 1.29 is 19.4 Å². The lowest BCUT2D eigenvalue weighted by atomic mass is 10.1. The van der Waals surface area contributed by atoms with Crippen LogP contribution in [0.25, 0.3) is 0 Å². The van der Waals surface area contributed by atoms with E-state index in [1.807, 2.05) is 0 Å². The van der Waals surface area contributed by atoms with Gasteiger partial charge in [0.25, 0.3) is 0 Å². The summed E-state index contributed by atoms with van der Waals surface area (Å²) in [5.74, 6) is -1.04. The molecule has 0 rings (SSSR count). The van der Waals surface area contributed by atoms with E-state index in [9.17, 15) is 9.59 Å². The zero-order valence-corrected chi connectivity index (χ0v) is 16.8. The van der Waals surface area contributed by atoms with E-state index in [2.05, 4.69) is 9.78 Å². The predicted molar refractivity (Wildman–Crippen MR) is 98.6 cm³/mol. The van der Waals surface area contributed by atoms with Gasteiger partial charge < -0.3 is 0 Å². The van der Waals surface area contributed by atoms with Crippen LogP contribution in [0.2, 0.25) is 0 Å². The first kappa shape index (κ1) is 24.1. The zero-order valence-electron chi connectivity index (χ0n) is 13.8. The molecule has 0 saturated carbocycles. The number of hydrogen-bond donors (Lipinski definition) is 0. The maximum absolute atomic E-state index is 11.4. The molecule has 0 bridgehead atoms. The SMILES string of the molecule is O=C(CCCCCCC(Cl)Cl)OOC(=O)CCCCCCC(Cl)Cl. The largest absolute Gasteiger partial charge is 0.355 e. The van der Waals surface area contributed by atoms with Gasteiger partial charge in [-0.1, -0.05) is 38.5 Å². The van der Waals surface area contributed by atoms with E-state index in [4.69, 9.17) is 46.4 Å². The van der Waals surface area contributed by atoms with E-state index in [1.54, 1.807) is 0 Å². The summed E-state index contributed by atoms with van der Waals surface area (Å²) in [6.45, 7) is 0. The number of hydrogen-bond acceptors (Lipinski definition) is 4. The molecule has 0 radical (unpaired) electrons. The molecule has 0 heterocycles. The first-order chi connectivity index (χ1) is 11.4. The van der Waals surface area contributed by atoms with Gasteiger partial charge in [-0.25, -0.2) is 19.4 Å². The highest BCUT2D eigenvalue weighted by atomic mass is 35.5. The summed E-state index contributed by atoms with van der Waals surface area (Å²) in [6, 6.07) is 0. The van der Waals surface area contributed by atoms with E-state index >= 15 is 0 Å². The Kier molecular flexibility index (Phi) is 16.6. The lowest BCUT2D eigenvalue weighted by Gasteiger charge is -2.04. The van der Waals surface area contributed by atoms with Gasteiger partial charge in [0, 0.05) is 0 Å². The Morgan fingerprint density at radius 1 is 0.583 bits per heavy atom. The van der Waals surface area contributed by atoms with E-state index in [1.165, 1.54) is 0 Å². The van der Waals surface area contributed by atoms with Gasteiger partial charge in [0.2, 0.25) is 0 Å². The number of halogens is 4. The molecule has 0 atom stereocenters. The molecule has 0 aliphatic carbocycles. The van der Waals surface area contributed by atoms with Crippen molar-refractivity contribution in [2.75, 3.05) is 0 Å². The molecule has 0 N–H and O–H groups in total. The molecule has 0 aromatic rings. The van der Waals surface area contributed by atoms with Crippen LogP contribution in [0.5, 0.6) is 0 Å². The molecular formula is C16H26Cl4O4. The summed E-state index contributed by atoms with van der Waals surface area (Å²) in [4.78, 5) is 31.1. The van der Waals surface area contributed by atoms with Crippen LogP contribution in [-0.2, 0) is 19.4 Å². The normalized spacial score (nSPS) is 11.1. The Hall–Kier alpha value is 0.1000. The molecule has 0 saturated heterocycles. The molecule has 0 fully saturated rings. The molecular weight excluding hydrogens is 398 g/mol. The van der Waals surface area contributed by atoms with Crippen molar-refractivity contribution in [3.63, 3.8) is 0 Å². The van der Waals surface area contributed by atoms with Gasteiger partial charge in [-0.05, 0) is 25.7 Å². The van der Waals surface area contributed by atoms with Crippen LogP contribution in [-0.4, -0.2) is 21.6 Å². The maximum Gasteiger partial charge on any atom is 0.355 e. The van der Waals surface area contributed by atoms with Crippen molar-refractivity contribution >= 4 is 58.3 Å². The molecule has 0 aliphatic rings. The molecule has 24 heavy (non-hydrogen) atoms. The molecule has 0 aliphatic heterocycles. The van der Waals surface area contributed by atoms with Crippen LogP contribution >= 0.6 is 46.4 Å². The fourth-order valence-corrected chi connectivity index (χ4v) is 2.64. The maximum atomic E-state index is 11.4. The molecule has 4 nitrogen and oxygen atoms in total. The van der Waals surface area contributed by atoms with Crippen LogP contribution in [0.1, 0.15) is 77.0 Å². The fourth-order valence-electron chi connectivity index (χ4n) is 2.02. The summed E-state index contributed by atoms with van der Waals surface area (Å²) in [5.41, 5.74) is 0. The Balaban J connectivity index is 3.40. The Morgan fingerprint density at radius 2 is 0.917 bits per heavy atom. The number of carbonyl (C=O) groups is 2. The van der Waals surface area contributed by atoms with Crippen LogP contribution in [0, 0.1) is 0 Å². The third-order valence-corrected chi connectivity index (χ3v) is 4.21. The Labute approximate surface area is 164 Å². The van der Waals surface area contributed by atoms with Gasteiger partial charge in [0.1, 0.15) is 9.67 Å². The summed E-state index contributed by atoms with van der Waals surface area (Å²) in [5, 5.41) is 0. The van der Waals surface area contributed by atoms with Crippen LogP contribution in [0.15, 0.2) is 0 Å².